The molecule has 0 aliphatic carbocycles. The standard InChI is InChI=1S/C20H25N6O2S/c1-5-24(12-13-26(2,3)4)16-8-6-15(7-9-16)22-23-20-21-18-11-10-17(25(27)28)14-19(18)29-20/h6-11,14H,5,12-13H2,1-4H3/q+1. The van der Waals surface area contributed by atoms with Crippen molar-refractivity contribution in [3.8, 4) is 0 Å². The monoisotopic (exact) mass is 413 g/mol. The van der Waals surface area contributed by atoms with Crippen LogP contribution < -0.4 is 4.90 Å². The number of thiazole rings is 1. The number of nitro benzene ring substituents is 1. The number of benzene rings is 2. The number of hydrogen-bond acceptors (Lipinski definition) is 7. The predicted octanol–water partition coefficient (Wildman–Crippen LogP) is 5.15. The quantitative estimate of drug-likeness (QED) is 0.221. The van der Waals surface area contributed by atoms with E-state index in [1.54, 1.807) is 6.07 Å². The Bertz CT molecular complexity index is 1020. The van der Waals surface area contributed by atoms with Crippen LogP contribution >= 0.6 is 11.3 Å². The summed E-state index contributed by atoms with van der Waals surface area (Å²) in [6, 6.07) is 12.6. The molecule has 1 aromatic heterocycles. The van der Waals surface area contributed by atoms with Gasteiger partial charge in [-0.25, -0.2) is 4.98 Å². The first-order valence-electron chi connectivity index (χ1n) is 9.37. The van der Waals surface area contributed by atoms with E-state index in [1.165, 1.54) is 23.5 Å². The molecule has 0 bridgehead atoms. The molecular formula is C20H25N6O2S+. The minimum absolute atomic E-state index is 0.0472. The lowest BCUT2D eigenvalue weighted by atomic mass is 10.2. The lowest BCUT2D eigenvalue weighted by Gasteiger charge is -2.29. The first-order valence-corrected chi connectivity index (χ1v) is 10.2. The molecule has 1 heterocycles. The Labute approximate surface area is 173 Å². The molecule has 3 aromatic rings. The van der Waals surface area contributed by atoms with Crippen molar-refractivity contribution in [2.45, 2.75) is 6.92 Å². The number of aromatic nitrogens is 1. The summed E-state index contributed by atoms with van der Waals surface area (Å²) in [5.41, 5.74) is 2.63. The third kappa shape index (κ3) is 5.55. The molecule has 3 rings (SSSR count). The summed E-state index contributed by atoms with van der Waals surface area (Å²) in [6.07, 6.45) is 0. The van der Waals surface area contributed by atoms with Gasteiger partial charge in [0, 0.05) is 24.4 Å². The summed E-state index contributed by atoms with van der Waals surface area (Å²) in [4.78, 5) is 17.2. The second-order valence-electron chi connectivity index (χ2n) is 7.72. The van der Waals surface area contributed by atoms with E-state index in [1.807, 2.05) is 12.1 Å². The number of nitrogens with zero attached hydrogens (tertiary/aromatic N) is 6. The number of anilines is 1. The van der Waals surface area contributed by atoms with E-state index in [4.69, 9.17) is 0 Å². The maximum atomic E-state index is 10.9. The molecule has 0 saturated carbocycles. The van der Waals surface area contributed by atoms with Gasteiger partial charge in [0.1, 0.15) is 0 Å². The molecular weight excluding hydrogens is 388 g/mol. The van der Waals surface area contributed by atoms with Crippen molar-refractivity contribution in [2.24, 2.45) is 10.2 Å². The molecule has 0 atom stereocenters. The summed E-state index contributed by atoms with van der Waals surface area (Å²) < 4.78 is 1.65. The van der Waals surface area contributed by atoms with Crippen molar-refractivity contribution in [1.82, 2.24) is 4.98 Å². The summed E-state index contributed by atoms with van der Waals surface area (Å²) in [5.74, 6) is 0. The number of quaternary nitrogens is 1. The van der Waals surface area contributed by atoms with Crippen LogP contribution in [0.25, 0.3) is 10.2 Å². The van der Waals surface area contributed by atoms with Crippen LogP contribution in [0, 0.1) is 10.1 Å². The van der Waals surface area contributed by atoms with E-state index in [0.29, 0.717) is 10.6 Å². The van der Waals surface area contributed by atoms with Gasteiger partial charge in [0.25, 0.3) is 5.69 Å². The predicted molar refractivity (Wildman–Crippen MR) is 118 cm³/mol. The highest BCUT2D eigenvalue weighted by Crippen LogP contribution is 2.32. The smallest absolute Gasteiger partial charge is 0.270 e. The number of nitro groups is 1. The van der Waals surface area contributed by atoms with Gasteiger partial charge < -0.3 is 9.38 Å². The number of likely N-dealkylation sites (N-methyl/N-ethyl adjacent to an activating group) is 2. The highest BCUT2D eigenvalue weighted by Gasteiger charge is 2.12. The lowest BCUT2D eigenvalue weighted by Crippen LogP contribution is -2.42. The molecule has 9 heteroatoms. The minimum atomic E-state index is -0.415. The van der Waals surface area contributed by atoms with Crippen LogP contribution in [-0.4, -0.2) is 55.2 Å². The van der Waals surface area contributed by atoms with Crippen LogP contribution in [0.4, 0.5) is 22.2 Å². The molecule has 0 aliphatic rings. The Balaban J connectivity index is 1.71. The van der Waals surface area contributed by atoms with E-state index in [0.717, 1.165) is 40.2 Å². The molecule has 0 aliphatic heterocycles. The third-order valence-corrected chi connectivity index (χ3v) is 5.36. The fourth-order valence-electron chi connectivity index (χ4n) is 2.78. The second kappa shape index (κ2) is 8.62. The molecule has 0 saturated heterocycles. The molecule has 8 nitrogen and oxygen atoms in total. The number of fused-ring (bicyclic) bond motifs is 1. The zero-order valence-electron chi connectivity index (χ0n) is 17.1. The highest BCUT2D eigenvalue weighted by atomic mass is 32.1. The van der Waals surface area contributed by atoms with Gasteiger partial charge in [0.05, 0.1) is 55.1 Å². The van der Waals surface area contributed by atoms with Gasteiger partial charge in [-0.1, -0.05) is 11.3 Å². The fraction of sp³-hybridized carbons (Fsp3) is 0.350. The summed E-state index contributed by atoms with van der Waals surface area (Å²) in [6.45, 7) is 5.14. The molecule has 0 radical (unpaired) electrons. The molecule has 2 aromatic carbocycles. The zero-order valence-corrected chi connectivity index (χ0v) is 17.9. The van der Waals surface area contributed by atoms with E-state index >= 15 is 0 Å². The SMILES string of the molecule is CCN(CC[N+](C)(C)C)c1ccc(N=Nc2nc3ccc([N+](=O)[O-])cc3s2)cc1. The Hall–Kier alpha value is -2.91. The molecule has 29 heavy (non-hydrogen) atoms. The van der Waals surface area contributed by atoms with Gasteiger partial charge in [-0.05, 0) is 37.3 Å². The van der Waals surface area contributed by atoms with E-state index in [-0.39, 0.29) is 5.69 Å². The van der Waals surface area contributed by atoms with Crippen molar-refractivity contribution in [3.05, 3.63) is 52.6 Å². The number of rotatable bonds is 8. The van der Waals surface area contributed by atoms with E-state index < -0.39 is 4.92 Å². The number of azo groups is 1. The van der Waals surface area contributed by atoms with Gasteiger partial charge in [-0.3, -0.25) is 10.1 Å². The maximum absolute atomic E-state index is 10.9. The molecule has 0 N–H and O–H groups in total. The van der Waals surface area contributed by atoms with Crippen molar-refractivity contribution < 1.29 is 9.41 Å². The number of non-ortho nitro benzene ring substituents is 1. The fourth-order valence-corrected chi connectivity index (χ4v) is 3.60. The number of hydrogen-bond donors (Lipinski definition) is 0. The van der Waals surface area contributed by atoms with Crippen molar-refractivity contribution in [2.75, 3.05) is 45.7 Å². The Morgan fingerprint density at radius 1 is 1.14 bits per heavy atom. The van der Waals surface area contributed by atoms with Gasteiger partial charge in [0.2, 0.25) is 5.13 Å². The van der Waals surface area contributed by atoms with Crippen LogP contribution in [0.5, 0.6) is 0 Å². The largest absolute Gasteiger partial charge is 0.366 e. The topological polar surface area (TPSA) is 84.0 Å². The normalized spacial score (nSPS) is 12.0. The molecule has 0 spiro atoms. The van der Waals surface area contributed by atoms with E-state index in [9.17, 15) is 10.1 Å². The van der Waals surface area contributed by atoms with Crippen molar-refractivity contribution in [3.63, 3.8) is 0 Å². The summed E-state index contributed by atoms with van der Waals surface area (Å²) in [5, 5.41) is 19.8. The summed E-state index contributed by atoms with van der Waals surface area (Å²) in [7, 11) is 6.58. The lowest BCUT2D eigenvalue weighted by molar-refractivity contribution is -0.868. The van der Waals surface area contributed by atoms with Gasteiger partial charge in [0.15, 0.2) is 0 Å². The van der Waals surface area contributed by atoms with Crippen LogP contribution in [0.2, 0.25) is 0 Å². The Morgan fingerprint density at radius 3 is 2.48 bits per heavy atom. The highest BCUT2D eigenvalue weighted by molar-refractivity contribution is 7.21. The molecule has 0 fully saturated rings. The van der Waals surface area contributed by atoms with Crippen LogP contribution in [0.15, 0.2) is 52.7 Å². The average Bonchev–Trinajstić information content (AvgIpc) is 3.09. The maximum Gasteiger partial charge on any atom is 0.270 e. The first kappa shape index (κ1) is 20.8. The van der Waals surface area contributed by atoms with Gasteiger partial charge in [-0.2, -0.15) is 0 Å². The molecule has 0 unspecified atom stereocenters. The van der Waals surface area contributed by atoms with Crippen molar-refractivity contribution >= 4 is 43.7 Å². The van der Waals surface area contributed by atoms with Crippen molar-refractivity contribution in [1.29, 1.82) is 0 Å². The Kier molecular flexibility index (Phi) is 6.19. The third-order valence-electron chi connectivity index (χ3n) is 4.46. The van der Waals surface area contributed by atoms with Crippen LogP contribution in [0.3, 0.4) is 0 Å². The first-order chi connectivity index (χ1) is 13.7. The van der Waals surface area contributed by atoms with Gasteiger partial charge >= 0.3 is 0 Å². The van der Waals surface area contributed by atoms with Gasteiger partial charge in [-0.15, -0.1) is 10.2 Å². The Morgan fingerprint density at radius 2 is 1.86 bits per heavy atom. The van der Waals surface area contributed by atoms with E-state index in [2.05, 4.69) is 60.3 Å². The van der Waals surface area contributed by atoms with Crippen LogP contribution in [-0.2, 0) is 0 Å². The summed E-state index contributed by atoms with van der Waals surface area (Å²) >= 11 is 1.28. The molecule has 0 amide bonds. The average molecular weight is 414 g/mol. The second-order valence-corrected chi connectivity index (χ2v) is 8.72. The van der Waals surface area contributed by atoms with Crippen LogP contribution in [0.1, 0.15) is 6.92 Å². The zero-order chi connectivity index (χ0) is 21.0. The molecule has 152 valence electrons. The minimum Gasteiger partial charge on any atom is -0.366 e.